The van der Waals surface area contributed by atoms with E-state index in [0.717, 1.165) is 24.9 Å². The Bertz CT molecular complexity index is 647. The van der Waals surface area contributed by atoms with Crippen molar-refractivity contribution in [2.24, 2.45) is 0 Å². The second-order valence-electron chi connectivity index (χ2n) is 6.72. The average molecular weight is 343 g/mol. The molecule has 2 aliphatic rings. The Kier molecular flexibility index (Phi) is 5.50. The van der Waals surface area contributed by atoms with Crippen LogP contribution in [0.3, 0.4) is 0 Å². The molecule has 1 aromatic carbocycles. The standard InChI is InChI=1S/C19H25N3O3/c1-21(18(24)10-7-14-5-3-2-4-6-14)15-8-9-16(19(15)25)22-12-11-20-17(23)13-22/h2-7,10,15-16,19,25H,8-9,11-13H2,1H3,(H,20,23)/t15-,16-,19-/m1/s1. The molecule has 0 radical (unpaired) electrons. The van der Waals surface area contributed by atoms with Crippen LogP contribution in [-0.2, 0) is 9.59 Å². The summed E-state index contributed by atoms with van der Waals surface area (Å²) in [4.78, 5) is 27.7. The third kappa shape index (κ3) is 4.08. The molecule has 1 aliphatic carbocycles. The van der Waals surface area contributed by atoms with Crippen LogP contribution in [0.15, 0.2) is 36.4 Å². The van der Waals surface area contributed by atoms with Crippen LogP contribution in [0.1, 0.15) is 18.4 Å². The predicted molar refractivity (Wildman–Crippen MR) is 95.6 cm³/mol. The molecule has 1 saturated carbocycles. The van der Waals surface area contributed by atoms with Gasteiger partial charge in [-0.1, -0.05) is 30.3 Å². The molecule has 6 nitrogen and oxygen atoms in total. The number of aliphatic hydroxyl groups is 1. The molecule has 134 valence electrons. The number of aliphatic hydroxyl groups excluding tert-OH is 1. The maximum Gasteiger partial charge on any atom is 0.246 e. The number of nitrogens with zero attached hydrogens (tertiary/aromatic N) is 2. The Balaban J connectivity index is 1.60. The Labute approximate surface area is 148 Å². The minimum Gasteiger partial charge on any atom is -0.389 e. The van der Waals surface area contributed by atoms with E-state index in [1.165, 1.54) is 0 Å². The van der Waals surface area contributed by atoms with Crippen molar-refractivity contribution in [1.29, 1.82) is 0 Å². The third-order valence-electron chi connectivity index (χ3n) is 5.15. The summed E-state index contributed by atoms with van der Waals surface area (Å²) in [6.07, 6.45) is 4.23. The van der Waals surface area contributed by atoms with E-state index < -0.39 is 6.10 Å². The number of carbonyl (C=O) groups is 2. The summed E-state index contributed by atoms with van der Waals surface area (Å²) in [5.41, 5.74) is 0.966. The number of likely N-dealkylation sites (N-methyl/N-ethyl adjacent to an activating group) is 1. The van der Waals surface area contributed by atoms with E-state index in [1.807, 2.05) is 35.2 Å². The number of hydrogen-bond acceptors (Lipinski definition) is 4. The summed E-state index contributed by atoms with van der Waals surface area (Å²) in [7, 11) is 1.73. The van der Waals surface area contributed by atoms with Gasteiger partial charge in [-0.3, -0.25) is 14.5 Å². The summed E-state index contributed by atoms with van der Waals surface area (Å²) in [6.45, 7) is 1.67. The van der Waals surface area contributed by atoms with E-state index in [9.17, 15) is 14.7 Å². The van der Waals surface area contributed by atoms with Crippen molar-refractivity contribution in [3.63, 3.8) is 0 Å². The van der Waals surface area contributed by atoms with Crippen LogP contribution in [0.2, 0.25) is 0 Å². The average Bonchev–Trinajstić information content (AvgIpc) is 3.01. The summed E-state index contributed by atoms with van der Waals surface area (Å²) in [5, 5.41) is 13.5. The highest BCUT2D eigenvalue weighted by molar-refractivity contribution is 5.91. The van der Waals surface area contributed by atoms with Crippen LogP contribution in [0.4, 0.5) is 0 Å². The second kappa shape index (κ2) is 7.80. The highest BCUT2D eigenvalue weighted by Crippen LogP contribution is 2.28. The number of benzene rings is 1. The Morgan fingerprint density at radius 2 is 2.08 bits per heavy atom. The van der Waals surface area contributed by atoms with Gasteiger partial charge in [0.1, 0.15) is 0 Å². The van der Waals surface area contributed by atoms with Gasteiger partial charge in [-0.25, -0.2) is 0 Å². The maximum atomic E-state index is 12.4. The SMILES string of the molecule is CN(C(=O)C=Cc1ccccc1)[C@@H]1CC[C@@H](N2CCNC(=O)C2)[C@@H]1O. The molecule has 0 bridgehead atoms. The van der Waals surface area contributed by atoms with Crippen molar-refractivity contribution in [1.82, 2.24) is 15.1 Å². The Hall–Kier alpha value is -2.18. The van der Waals surface area contributed by atoms with Crippen LogP contribution < -0.4 is 5.32 Å². The number of carbonyl (C=O) groups excluding carboxylic acids is 2. The molecule has 6 heteroatoms. The Morgan fingerprint density at radius 1 is 1.32 bits per heavy atom. The number of piperazine rings is 1. The first-order chi connectivity index (χ1) is 12.1. The van der Waals surface area contributed by atoms with Crippen LogP contribution >= 0.6 is 0 Å². The van der Waals surface area contributed by atoms with Gasteiger partial charge in [0.25, 0.3) is 0 Å². The van der Waals surface area contributed by atoms with Crippen LogP contribution in [-0.4, -0.2) is 71.6 Å². The molecule has 0 unspecified atom stereocenters. The Morgan fingerprint density at radius 3 is 2.80 bits per heavy atom. The summed E-state index contributed by atoms with van der Waals surface area (Å²) >= 11 is 0. The van der Waals surface area contributed by atoms with Gasteiger partial charge in [0, 0.05) is 32.3 Å². The van der Waals surface area contributed by atoms with E-state index >= 15 is 0 Å². The van der Waals surface area contributed by atoms with Crippen molar-refractivity contribution in [2.75, 3.05) is 26.7 Å². The lowest BCUT2D eigenvalue weighted by atomic mass is 10.1. The first kappa shape index (κ1) is 17.6. The minimum absolute atomic E-state index is 0.00266. The number of nitrogens with one attached hydrogen (secondary N) is 1. The second-order valence-corrected chi connectivity index (χ2v) is 6.72. The van der Waals surface area contributed by atoms with Crippen LogP contribution in [0.25, 0.3) is 6.08 Å². The third-order valence-corrected chi connectivity index (χ3v) is 5.15. The van der Waals surface area contributed by atoms with Crippen molar-refractivity contribution in [3.05, 3.63) is 42.0 Å². The monoisotopic (exact) mass is 343 g/mol. The maximum absolute atomic E-state index is 12.4. The first-order valence-corrected chi connectivity index (χ1v) is 8.75. The fraction of sp³-hybridized carbons (Fsp3) is 0.474. The molecular formula is C19H25N3O3. The zero-order valence-electron chi connectivity index (χ0n) is 14.5. The van der Waals surface area contributed by atoms with E-state index in [2.05, 4.69) is 5.32 Å². The zero-order chi connectivity index (χ0) is 17.8. The molecule has 0 spiro atoms. The highest BCUT2D eigenvalue weighted by Gasteiger charge is 2.42. The number of amides is 2. The van der Waals surface area contributed by atoms with Crippen LogP contribution in [0, 0.1) is 0 Å². The molecule has 0 aromatic heterocycles. The fourth-order valence-corrected chi connectivity index (χ4v) is 3.71. The van der Waals surface area contributed by atoms with Gasteiger partial charge in [-0.05, 0) is 24.5 Å². The van der Waals surface area contributed by atoms with Crippen molar-refractivity contribution in [3.8, 4) is 0 Å². The van der Waals surface area contributed by atoms with Crippen molar-refractivity contribution < 1.29 is 14.7 Å². The van der Waals surface area contributed by atoms with E-state index in [0.29, 0.717) is 13.1 Å². The molecule has 25 heavy (non-hydrogen) atoms. The van der Waals surface area contributed by atoms with Gasteiger partial charge in [-0.2, -0.15) is 0 Å². The molecule has 2 amide bonds. The molecule has 2 N–H and O–H groups in total. The molecule has 2 fully saturated rings. The smallest absolute Gasteiger partial charge is 0.246 e. The molecule has 3 atom stereocenters. The molecule has 1 aromatic rings. The van der Waals surface area contributed by atoms with Crippen molar-refractivity contribution >= 4 is 17.9 Å². The summed E-state index contributed by atoms with van der Waals surface area (Å²) in [6, 6.07) is 9.37. The zero-order valence-corrected chi connectivity index (χ0v) is 14.5. The van der Waals surface area contributed by atoms with E-state index in [4.69, 9.17) is 0 Å². The first-order valence-electron chi connectivity index (χ1n) is 8.75. The summed E-state index contributed by atoms with van der Waals surface area (Å²) < 4.78 is 0. The lowest BCUT2D eigenvalue weighted by Crippen LogP contribution is -2.55. The summed E-state index contributed by atoms with van der Waals surface area (Å²) in [5.74, 6) is -0.123. The van der Waals surface area contributed by atoms with E-state index in [1.54, 1.807) is 24.1 Å². The fourth-order valence-electron chi connectivity index (χ4n) is 3.71. The van der Waals surface area contributed by atoms with Gasteiger partial charge in [-0.15, -0.1) is 0 Å². The quantitative estimate of drug-likeness (QED) is 0.780. The molecule has 3 rings (SSSR count). The van der Waals surface area contributed by atoms with E-state index in [-0.39, 0.29) is 23.9 Å². The largest absolute Gasteiger partial charge is 0.389 e. The predicted octanol–water partition coefficient (Wildman–Crippen LogP) is 0.482. The topological polar surface area (TPSA) is 72.9 Å². The molecule has 1 heterocycles. The van der Waals surface area contributed by atoms with Crippen LogP contribution in [0.5, 0.6) is 0 Å². The highest BCUT2D eigenvalue weighted by atomic mass is 16.3. The van der Waals surface area contributed by atoms with Gasteiger partial charge >= 0.3 is 0 Å². The van der Waals surface area contributed by atoms with Gasteiger partial charge in [0.2, 0.25) is 11.8 Å². The van der Waals surface area contributed by atoms with Gasteiger partial charge < -0.3 is 15.3 Å². The molecule has 1 saturated heterocycles. The van der Waals surface area contributed by atoms with Gasteiger partial charge in [0.15, 0.2) is 0 Å². The molecule has 1 aliphatic heterocycles. The minimum atomic E-state index is -0.634. The number of hydrogen-bond donors (Lipinski definition) is 2. The number of rotatable bonds is 4. The van der Waals surface area contributed by atoms with Crippen molar-refractivity contribution in [2.45, 2.75) is 31.0 Å². The molecular weight excluding hydrogens is 318 g/mol. The van der Waals surface area contributed by atoms with Gasteiger partial charge in [0.05, 0.1) is 18.7 Å². The lowest BCUT2D eigenvalue weighted by molar-refractivity contribution is -0.130. The normalized spacial score (nSPS) is 27.4. The lowest BCUT2D eigenvalue weighted by Gasteiger charge is -2.35.